The van der Waals surface area contributed by atoms with Crippen LogP contribution in [0.2, 0.25) is 0 Å². The Kier molecular flexibility index (Phi) is 33.5. The van der Waals surface area contributed by atoms with E-state index < -0.39 is 125 Å². The highest BCUT2D eigenvalue weighted by Gasteiger charge is 2.44. The number of carbonyl (C=O) groups excluding carboxylic acids is 12. The molecule has 4 rings (SSSR count). The number of primary amides is 1. The summed E-state index contributed by atoms with van der Waals surface area (Å²) in [5, 5.41) is 19.7. The first-order valence-corrected chi connectivity index (χ1v) is 34.7. The molecule has 0 radical (unpaired) electrons. The third kappa shape index (κ3) is 25.7. The summed E-state index contributed by atoms with van der Waals surface area (Å²) in [6.07, 6.45) is 3.94. The highest BCUT2D eigenvalue weighted by atomic mass is 16.6. The number of benzene rings is 2. The van der Waals surface area contributed by atoms with E-state index in [-0.39, 0.29) is 87.3 Å². The quantitative estimate of drug-likeness (QED) is 0.0303. The zero-order valence-corrected chi connectivity index (χ0v) is 61.0. The molecule has 2 unspecified atom stereocenters. The van der Waals surface area contributed by atoms with Gasteiger partial charge in [0.05, 0.1) is 36.6 Å². The number of anilines is 1. The molecular formula is C72H112N12O15. The molecule has 0 aromatic heterocycles. The number of carbonyl (C=O) groups is 12. The molecule has 1 saturated heterocycles. The number of likely N-dealkylation sites (tertiary alicyclic amines) is 1. The molecule has 2 aliphatic heterocycles. The van der Waals surface area contributed by atoms with Crippen LogP contribution < -0.4 is 43.0 Å². The van der Waals surface area contributed by atoms with Crippen molar-refractivity contribution in [3.05, 3.63) is 77.9 Å². The van der Waals surface area contributed by atoms with Gasteiger partial charge in [-0.15, -0.1) is 0 Å². The average molecular weight is 1390 g/mol. The summed E-state index contributed by atoms with van der Waals surface area (Å²) in [6, 6.07) is 8.72. The molecule has 1 fully saturated rings. The van der Waals surface area contributed by atoms with E-state index in [1.54, 1.807) is 89.6 Å². The minimum atomic E-state index is -1.12. The van der Waals surface area contributed by atoms with Gasteiger partial charge in [-0.1, -0.05) is 118 Å². The van der Waals surface area contributed by atoms with Crippen molar-refractivity contribution in [3.63, 3.8) is 0 Å². The third-order valence-corrected chi connectivity index (χ3v) is 18.1. The monoisotopic (exact) mass is 1380 g/mol. The van der Waals surface area contributed by atoms with Gasteiger partial charge >= 0.3 is 12.1 Å². The smallest absolute Gasteiger partial charge is 0.410 e. The van der Waals surface area contributed by atoms with Gasteiger partial charge in [0.15, 0.2) is 0 Å². The number of ether oxygens (including phenoxy) is 3. The van der Waals surface area contributed by atoms with Gasteiger partial charge in [0.2, 0.25) is 47.3 Å². The second-order valence-corrected chi connectivity index (χ2v) is 28.1. The molecule has 2 heterocycles. The lowest BCUT2D eigenvalue weighted by Crippen LogP contribution is -2.60. The van der Waals surface area contributed by atoms with Gasteiger partial charge in [-0.25, -0.2) is 9.59 Å². The van der Waals surface area contributed by atoms with Gasteiger partial charge in [0.25, 0.3) is 11.8 Å². The van der Waals surface area contributed by atoms with Crippen LogP contribution in [0.1, 0.15) is 158 Å². The maximum absolute atomic E-state index is 14.9. The van der Waals surface area contributed by atoms with Crippen molar-refractivity contribution in [1.82, 2.24) is 51.5 Å². The van der Waals surface area contributed by atoms with Crippen LogP contribution in [0.25, 0.3) is 0 Å². The summed E-state index contributed by atoms with van der Waals surface area (Å²) >= 11 is 0. The second kappa shape index (κ2) is 40.0. The Morgan fingerprint density at radius 3 is 1.87 bits per heavy atom. The number of methoxy groups -OCH3 is 2. The van der Waals surface area contributed by atoms with Crippen molar-refractivity contribution in [1.29, 1.82) is 0 Å². The van der Waals surface area contributed by atoms with E-state index >= 15 is 0 Å². The van der Waals surface area contributed by atoms with Crippen LogP contribution in [0.4, 0.5) is 15.3 Å². The van der Waals surface area contributed by atoms with Crippen molar-refractivity contribution >= 4 is 76.9 Å². The Morgan fingerprint density at radius 1 is 0.677 bits per heavy atom. The van der Waals surface area contributed by atoms with Crippen LogP contribution >= 0.6 is 0 Å². The Morgan fingerprint density at radius 2 is 1.30 bits per heavy atom. The van der Waals surface area contributed by atoms with Gasteiger partial charge in [-0.2, -0.15) is 0 Å². The molecule has 2 aromatic carbocycles. The standard InChI is InChI=1S/C72H112N12O15/c1-17-46(8)62(54(97-15)41-58(88)83-39-25-29-53(83)63(98-16)47(9)64(89)77-52(66(91)80-72(10,11)12)40-48-26-20-18-21-27-48)81(13)69(94)60(44(4)5)79-68(93)61(45(6)7)82(14)71(96)99-42-49-31-33-50(34-32-49)75-65(90)51(28-24-37-74-70(73)95)76-67(92)59(43(2)3)78-55(85)30-22-19-23-38-84-56(86)35-36-57(84)87/h18,20-21,26-27,31-36,43-47,51-54,59-63H,17,19,22-25,28-30,37-42H2,1-16H3,(H,75,90)(H,76,92)(H,77,89)(H,78,85)(H,79,93)(H,80,91)(H3,73,74,95)/t46-,47+,51-,52-,53-,54?,59?,60-,61-,62-,63+/m0/s1. The van der Waals surface area contributed by atoms with Crippen molar-refractivity contribution in [2.75, 3.05) is 53.3 Å². The maximum Gasteiger partial charge on any atom is 0.410 e. The molecule has 0 aliphatic carbocycles. The molecule has 27 heteroatoms. The number of nitrogens with one attached hydrogen (secondary N) is 7. The zero-order valence-electron chi connectivity index (χ0n) is 61.0. The number of rotatable bonds is 39. The van der Waals surface area contributed by atoms with Crippen molar-refractivity contribution in [2.45, 2.75) is 220 Å². The van der Waals surface area contributed by atoms with Gasteiger partial charge in [0.1, 0.15) is 36.8 Å². The summed E-state index contributed by atoms with van der Waals surface area (Å²) in [6.45, 7) is 22.4. The molecule has 11 atom stereocenters. The summed E-state index contributed by atoms with van der Waals surface area (Å²) in [7, 11) is 6.06. The molecule has 2 aromatic rings. The van der Waals surface area contributed by atoms with Gasteiger partial charge in [-0.3, -0.25) is 57.7 Å². The van der Waals surface area contributed by atoms with Crippen LogP contribution in [0, 0.1) is 29.6 Å². The highest BCUT2D eigenvalue weighted by molar-refractivity contribution is 6.12. The Hall–Kier alpha value is -8.46. The largest absolute Gasteiger partial charge is 0.445 e. The number of hydrogen-bond acceptors (Lipinski definition) is 15. The summed E-state index contributed by atoms with van der Waals surface area (Å²) < 4.78 is 17.9. The van der Waals surface area contributed by atoms with Crippen LogP contribution in [-0.2, 0) is 75.2 Å². The number of imide groups is 1. The fraction of sp³-hybridized carbons (Fsp3) is 0.639. The van der Waals surface area contributed by atoms with Gasteiger partial charge in [0, 0.05) is 84.2 Å². The number of nitrogens with zero attached hydrogens (tertiary/aromatic N) is 4. The molecule has 0 bridgehead atoms. The summed E-state index contributed by atoms with van der Waals surface area (Å²) in [5.74, 6) is -6.59. The first-order valence-electron chi connectivity index (χ1n) is 34.7. The Bertz CT molecular complexity index is 3070. The minimum absolute atomic E-state index is 0.0811. The number of nitrogens with two attached hydrogens (primary N) is 1. The molecule has 0 saturated carbocycles. The number of hydrogen-bond donors (Lipinski definition) is 8. The van der Waals surface area contributed by atoms with Crippen molar-refractivity contribution in [2.24, 2.45) is 35.3 Å². The topological polar surface area (TPSA) is 356 Å². The number of amides is 13. The van der Waals surface area contributed by atoms with Crippen LogP contribution in [-0.4, -0.2) is 199 Å². The molecule has 27 nitrogen and oxygen atoms in total. The molecule has 0 spiro atoms. The van der Waals surface area contributed by atoms with E-state index in [4.69, 9.17) is 19.9 Å². The molecule has 9 N–H and O–H groups in total. The minimum Gasteiger partial charge on any atom is -0.445 e. The Balaban J connectivity index is 1.39. The lowest BCUT2D eigenvalue weighted by Gasteiger charge is -2.41. The van der Waals surface area contributed by atoms with Crippen LogP contribution in [0.15, 0.2) is 66.7 Å². The molecule has 2 aliphatic rings. The molecule has 13 amide bonds. The van der Waals surface area contributed by atoms with Gasteiger partial charge < -0.3 is 67.0 Å². The summed E-state index contributed by atoms with van der Waals surface area (Å²) in [4.78, 5) is 167. The normalized spacial score (nSPS) is 16.9. The van der Waals surface area contributed by atoms with E-state index in [0.717, 1.165) is 10.5 Å². The lowest BCUT2D eigenvalue weighted by atomic mass is 9.89. The predicted octanol–water partition coefficient (Wildman–Crippen LogP) is 5.48. The predicted molar refractivity (Wildman–Crippen MR) is 374 cm³/mol. The maximum atomic E-state index is 14.9. The number of likely N-dealkylation sites (N-methyl/N-ethyl adjacent to an activating group) is 2. The highest BCUT2D eigenvalue weighted by Crippen LogP contribution is 2.30. The fourth-order valence-corrected chi connectivity index (χ4v) is 12.5. The van der Waals surface area contributed by atoms with Crippen molar-refractivity contribution < 1.29 is 71.7 Å². The van der Waals surface area contributed by atoms with Crippen LogP contribution in [0.5, 0.6) is 0 Å². The Labute approximate surface area is 584 Å². The molecular weight excluding hydrogens is 1270 g/mol. The van der Waals surface area contributed by atoms with E-state index in [1.807, 2.05) is 65.0 Å². The van der Waals surface area contributed by atoms with Gasteiger partial charge in [-0.05, 0) is 106 Å². The van der Waals surface area contributed by atoms with E-state index in [0.29, 0.717) is 56.3 Å². The zero-order chi connectivity index (χ0) is 74.0. The average Bonchev–Trinajstić information content (AvgIpc) is 1.75. The first kappa shape index (κ1) is 83.0. The fourth-order valence-electron chi connectivity index (χ4n) is 12.5. The third-order valence-electron chi connectivity index (χ3n) is 18.1. The summed E-state index contributed by atoms with van der Waals surface area (Å²) in [5.41, 5.74) is 6.42. The molecule has 99 heavy (non-hydrogen) atoms. The van der Waals surface area contributed by atoms with E-state index in [1.165, 1.54) is 38.3 Å². The second-order valence-electron chi connectivity index (χ2n) is 28.1. The SMILES string of the molecule is CC[C@H](C)[C@@H](C(CC(=O)N1CCC[C@H]1[C@H](OC)[C@@H](C)C(=O)N[C@@H](Cc1ccccc1)C(=O)NC(C)(C)C)OC)N(C)C(=O)[C@@H](NC(=O)[C@H](C(C)C)N(C)C(=O)OCc1ccc(NC(=O)[C@H](CCCNC(N)=O)NC(=O)C(NC(=O)CCCCCN2C(=O)C=CC2=O)C(C)C)cc1)C(C)C. The lowest BCUT2D eigenvalue weighted by molar-refractivity contribution is -0.148. The van der Waals surface area contributed by atoms with Crippen molar-refractivity contribution in [3.8, 4) is 0 Å². The molecule has 550 valence electrons. The first-order chi connectivity index (χ1) is 46.6. The van der Waals surface area contributed by atoms with E-state index in [9.17, 15) is 57.5 Å². The number of urea groups is 1. The van der Waals surface area contributed by atoms with Crippen LogP contribution in [0.3, 0.4) is 0 Å². The van der Waals surface area contributed by atoms with E-state index in [2.05, 4.69) is 37.2 Å². The number of unbranched alkanes of at least 4 members (excludes halogenated alkanes) is 2.